The normalized spacial score (nSPS) is 13.0. The summed E-state index contributed by atoms with van der Waals surface area (Å²) in [4.78, 5) is 0. The molecule has 1 N–H and O–H groups in total. The van der Waals surface area contributed by atoms with Crippen molar-refractivity contribution in [2.75, 3.05) is 7.05 Å². The van der Waals surface area contributed by atoms with Crippen LogP contribution in [0.4, 0.5) is 0 Å². The molecule has 0 aromatic heterocycles. The van der Waals surface area contributed by atoms with Crippen LogP contribution in [0.3, 0.4) is 0 Å². The molecule has 0 bridgehead atoms. The van der Waals surface area contributed by atoms with Crippen LogP contribution in [0, 0.1) is 0 Å². The first-order chi connectivity index (χ1) is 8.17. The fraction of sp³-hybridized carbons (Fsp3) is 0.625. The van der Waals surface area contributed by atoms with Gasteiger partial charge in [0.15, 0.2) is 0 Å². The Morgan fingerprint density at radius 1 is 1.06 bits per heavy atom. The van der Waals surface area contributed by atoms with Crippen LogP contribution in [0.1, 0.15) is 57.1 Å². The van der Waals surface area contributed by atoms with Gasteiger partial charge in [-0.2, -0.15) is 0 Å². The van der Waals surface area contributed by atoms with E-state index in [1.165, 1.54) is 36.8 Å². The van der Waals surface area contributed by atoms with Crippen molar-refractivity contribution in [3.05, 3.63) is 35.4 Å². The van der Waals surface area contributed by atoms with E-state index in [9.17, 15) is 0 Å². The molecular weight excluding hydrogens is 206 g/mol. The number of nitrogens with one attached hydrogen (secondary N) is 1. The van der Waals surface area contributed by atoms with E-state index in [1.54, 1.807) is 0 Å². The van der Waals surface area contributed by atoms with E-state index in [-0.39, 0.29) is 0 Å². The topological polar surface area (TPSA) is 12.0 Å². The van der Waals surface area contributed by atoms with Crippen LogP contribution in [0.5, 0.6) is 0 Å². The zero-order valence-electron chi connectivity index (χ0n) is 11.8. The average molecular weight is 233 g/mol. The number of rotatable bonds is 7. The van der Waals surface area contributed by atoms with Crippen molar-refractivity contribution in [1.82, 2.24) is 5.32 Å². The second-order valence-corrected chi connectivity index (χ2v) is 5.21. The molecule has 1 unspecified atom stereocenters. The van der Waals surface area contributed by atoms with Crippen molar-refractivity contribution in [2.45, 2.75) is 58.4 Å². The van der Waals surface area contributed by atoms with E-state index in [2.05, 4.69) is 57.4 Å². The number of hydrogen-bond acceptors (Lipinski definition) is 1. The molecule has 0 aliphatic carbocycles. The van der Waals surface area contributed by atoms with Gasteiger partial charge in [-0.05, 0) is 43.4 Å². The number of aryl methyl sites for hydroxylation is 1. The molecule has 0 fully saturated rings. The Kier molecular flexibility index (Phi) is 6.28. The Hall–Kier alpha value is -0.820. The van der Waals surface area contributed by atoms with Gasteiger partial charge in [0.1, 0.15) is 0 Å². The molecule has 0 spiro atoms. The third kappa shape index (κ3) is 4.91. The molecule has 0 aliphatic heterocycles. The third-order valence-corrected chi connectivity index (χ3v) is 3.47. The van der Waals surface area contributed by atoms with Gasteiger partial charge in [0.05, 0.1) is 0 Å². The van der Waals surface area contributed by atoms with Gasteiger partial charge in [0.2, 0.25) is 0 Å². The Morgan fingerprint density at radius 2 is 1.71 bits per heavy atom. The maximum Gasteiger partial charge on any atom is 0.00671 e. The molecule has 1 aromatic carbocycles. The maximum atomic E-state index is 3.40. The Balaban J connectivity index is 2.46. The minimum atomic E-state index is 0.634. The molecule has 17 heavy (non-hydrogen) atoms. The van der Waals surface area contributed by atoms with E-state index in [1.807, 2.05) is 0 Å². The molecule has 0 aliphatic rings. The van der Waals surface area contributed by atoms with E-state index >= 15 is 0 Å². The Morgan fingerprint density at radius 3 is 2.18 bits per heavy atom. The van der Waals surface area contributed by atoms with Crippen molar-refractivity contribution in [3.63, 3.8) is 0 Å². The molecule has 96 valence electrons. The van der Waals surface area contributed by atoms with E-state index in [0.717, 1.165) is 0 Å². The molecule has 1 atom stereocenters. The van der Waals surface area contributed by atoms with Gasteiger partial charge in [0, 0.05) is 6.04 Å². The second-order valence-electron chi connectivity index (χ2n) is 5.21. The molecule has 1 aromatic rings. The Labute approximate surface area is 107 Å². The molecule has 0 radical (unpaired) electrons. The van der Waals surface area contributed by atoms with Gasteiger partial charge in [0.25, 0.3) is 0 Å². The van der Waals surface area contributed by atoms with Gasteiger partial charge < -0.3 is 5.32 Å². The SMILES string of the molecule is CCCC(CCc1ccc(C(C)C)cc1)NC. The van der Waals surface area contributed by atoms with Gasteiger partial charge in [-0.3, -0.25) is 0 Å². The van der Waals surface area contributed by atoms with Gasteiger partial charge in [-0.25, -0.2) is 0 Å². The van der Waals surface area contributed by atoms with Crippen LogP contribution in [-0.2, 0) is 6.42 Å². The lowest BCUT2D eigenvalue weighted by atomic mass is 9.98. The van der Waals surface area contributed by atoms with Crippen LogP contribution in [0.2, 0.25) is 0 Å². The van der Waals surface area contributed by atoms with Crippen molar-refractivity contribution < 1.29 is 0 Å². The van der Waals surface area contributed by atoms with Gasteiger partial charge in [-0.15, -0.1) is 0 Å². The van der Waals surface area contributed by atoms with Crippen LogP contribution in [-0.4, -0.2) is 13.1 Å². The fourth-order valence-corrected chi connectivity index (χ4v) is 2.19. The smallest absolute Gasteiger partial charge is 0.00671 e. The molecule has 1 heteroatoms. The highest BCUT2D eigenvalue weighted by atomic mass is 14.9. The zero-order valence-corrected chi connectivity index (χ0v) is 11.8. The maximum absolute atomic E-state index is 3.40. The van der Waals surface area contributed by atoms with Gasteiger partial charge in [-0.1, -0.05) is 51.5 Å². The van der Waals surface area contributed by atoms with Crippen LogP contribution >= 0.6 is 0 Å². The summed E-state index contributed by atoms with van der Waals surface area (Å²) in [6.45, 7) is 6.74. The summed E-state index contributed by atoms with van der Waals surface area (Å²) < 4.78 is 0. The summed E-state index contributed by atoms with van der Waals surface area (Å²) in [5, 5.41) is 3.40. The summed E-state index contributed by atoms with van der Waals surface area (Å²) in [5.41, 5.74) is 2.90. The number of benzene rings is 1. The molecule has 1 nitrogen and oxygen atoms in total. The summed E-state index contributed by atoms with van der Waals surface area (Å²) in [7, 11) is 2.07. The largest absolute Gasteiger partial charge is 0.317 e. The van der Waals surface area contributed by atoms with Crippen LogP contribution in [0.15, 0.2) is 24.3 Å². The standard InChI is InChI=1S/C16H27N/c1-5-6-16(17-4)12-9-14-7-10-15(11-8-14)13(2)3/h7-8,10-11,13,16-17H,5-6,9,12H2,1-4H3. The predicted octanol–water partition coefficient (Wildman–Crippen LogP) is 4.13. The molecule has 0 saturated heterocycles. The molecule has 0 saturated carbocycles. The zero-order chi connectivity index (χ0) is 12.7. The van der Waals surface area contributed by atoms with Crippen molar-refractivity contribution in [3.8, 4) is 0 Å². The first-order valence-corrected chi connectivity index (χ1v) is 6.93. The van der Waals surface area contributed by atoms with Gasteiger partial charge >= 0.3 is 0 Å². The summed E-state index contributed by atoms with van der Waals surface area (Å²) >= 11 is 0. The minimum Gasteiger partial charge on any atom is -0.317 e. The quantitative estimate of drug-likeness (QED) is 0.746. The Bertz CT molecular complexity index is 300. The lowest BCUT2D eigenvalue weighted by Crippen LogP contribution is -2.25. The lowest BCUT2D eigenvalue weighted by Gasteiger charge is -2.15. The highest BCUT2D eigenvalue weighted by molar-refractivity contribution is 5.24. The van der Waals surface area contributed by atoms with E-state index in [4.69, 9.17) is 0 Å². The predicted molar refractivity (Wildman–Crippen MR) is 76.6 cm³/mol. The number of hydrogen-bond donors (Lipinski definition) is 1. The van der Waals surface area contributed by atoms with Crippen LogP contribution in [0.25, 0.3) is 0 Å². The monoisotopic (exact) mass is 233 g/mol. The molecule has 1 rings (SSSR count). The highest BCUT2D eigenvalue weighted by Crippen LogP contribution is 2.16. The van der Waals surface area contributed by atoms with Crippen LogP contribution < -0.4 is 5.32 Å². The van der Waals surface area contributed by atoms with E-state index < -0.39 is 0 Å². The van der Waals surface area contributed by atoms with Crippen molar-refractivity contribution >= 4 is 0 Å². The van der Waals surface area contributed by atoms with Crippen molar-refractivity contribution in [2.24, 2.45) is 0 Å². The van der Waals surface area contributed by atoms with Crippen molar-refractivity contribution in [1.29, 1.82) is 0 Å². The lowest BCUT2D eigenvalue weighted by molar-refractivity contribution is 0.484. The molecule has 0 heterocycles. The third-order valence-electron chi connectivity index (χ3n) is 3.47. The summed E-state index contributed by atoms with van der Waals surface area (Å²) in [5.74, 6) is 0.634. The minimum absolute atomic E-state index is 0.634. The first kappa shape index (κ1) is 14.2. The molecule has 0 amide bonds. The average Bonchev–Trinajstić information content (AvgIpc) is 2.35. The van der Waals surface area contributed by atoms with E-state index in [0.29, 0.717) is 12.0 Å². The fourth-order valence-electron chi connectivity index (χ4n) is 2.19. The first-order valence-electron chi connectivity index (χ1n) is 6.93. The summed E-state index contributed by atoms with van der Waals surface area (Å²) in [6, 6.07) is 9.79. The summed E-state index contributed by atoms with van der Waals surface area (Å²) in [6.07, 6.45) is 4.97. The second kappa shape index (κ2) is 7.50. The molecular formula is C16H27N. The highest BCUT2D eigenvalue weighted by Gasteiger charge is 2.05.